The van der Waals surface area contributed by atoms with Crippen LogP contribution in [0.25, 0.3) is 0 Å². The predicted octanol–water partition coefficient (Wildman–Crippen LogP) is 0.800. The summed E-state index contributed by atoms with van der Waals surface area (Å²) in [6.45, 7) is 7.18. The number of hydrogen-bond acceptors (Lipinski definition) is 4. The first-order valence-corrected chi connectivity index (χ1v) is 8.81. The molecule has 1 atom stereocenters. The van der Waals surface area contributed by atoms with Gasteiger partial charge in [-0.2, -0.15) is 0 Å². The Kier molecular flexibility index (Phi) is 5.38. The lowest BCUT2D eigenvalue weighted by Crippen LogP contribution is -2.52. The Hall–Kier alpha value is -0.620. The average Bonchev–Trinajstić information content (AvgIpc) is 2.78. The molecule has 6 heteroatoms. The average molecular weight is 290 g/mol. The topological polar surface area (TPSA) is 66.5 Å². The highest BCUT2D eigenvalue weighted by molar-refractivity contribution is 7.92. The molecule has 0 spiro atoms. The van der Waals surface area contributed by atoms with Crippen molar-refractivity contribution in [2.24, 2.45) is 0 Å². The zero-order valence-corrected chi connectivity index (χ0v) is 13.2. The molecule has 1 heterocycles. The van der Waals surface area contributed by atoms with Gasteiger partial charge in [-0.05, 0) is 39.7 Å². The fourth-order valence-corrected chi connectivity index (χ4v) is 2.71. The first-order valence-electron chi connectivity index (χ1n) is 6.92. The fraction of sp³-hybridized carbons (Fsp3) is 0.923. The van der Waals surface area contributed by atoms with Crippen LogP contribution in [0.2, 0.25) is 0 Å². The third-order valence-electron chi connectivity index (χ3n) is 3.83. The molecule has 112 valence electrons. The number of hydrogen-bond donors (Lipinski definition) is 1. The van der Waals surface area contributed by atoms with Gasteiger partial charge < -0.3 is 10.2 Å². The number of sulfone groups is 1. The van der Waals surface area contributed by atoms with E-state index in [0.29, 0.717) is 19.1 Å². The summed E-state index contributed by atoms with van der Waals surface area (Å²) < 4.78 is 22.2. The van der Waals surface area contributed by atoms with Gasteiger partial charge in [0.15, 0.2) is 9.84 Å². The molecule has 0 bridgehead atoms. The van der Waals surface area contributed by atoms with Crippen LogP contribution in [0.5, 0.6) is 0 Å². The molecule has 1 amide bonds. The summed E-state index contributed by atoms with van der Waals surface area (Å²) in [5, 5.41) is 3.35. The Balaban J connectivity index is 2.82. The molecule has 1 fully saturated rings. The summed E-state index contributed by atoms with van der Waals surface area (Å²) in [6, 6.07) is 0.297. The third kappa shape index (κ3) is 3.92. The van der Waals surface area contributed by atoms with Crippen LogP contribution in [-0.4, -0.2) is 55.9 Å². The van der Waals surface area contributed by atoms with E-state index < -0.39 is 14.6 Å². The highest BCUT2D eigenvalue weighted by Crippen LogP contribution is 2.20. The Morgan fingerprint density at radius 3 is 2.47 bits per heavy atom. The van der Waals surface area contributed by atoms with E-state index in [9.17, 15) is 13.2 Å². The van der Waals surface area contributed by atoms with E-state index in [1.54, 1.807) is 4.90 Å². The van der Waals surface area contributed by atoms with Crippen LogP contribution < -0.4 is 5.32 Å². The molecule has 19 heavy (non-hydrogen) atoms. The van der Waals surface area contributed by atoms with Crippen molar-refractivity contribution >= 4 is 15.7 Å². The molecule has 0 radical (unpaired) electrons. The molecule has 1 aliphatic rings. The molecule has 0 saturated carbocycles. The maximum absolute atomic E-state index is 12.5. The second kappa shape index (κ2) is 6.22. The Morgan fingerprint density at radius 1 is 1.42 bits per heavy atom. The summed E-state index contributed by atoms with van der Waals surface area (Å²) in [5.41, 5.74) is 0. The number of carbonyl (C=O) groups excluding carboxylic acids is 1. The molecule has 0 aromatic carbocycles. The molecule has 0 aliphatic carbocycles. The van der Waals surface area contributed by atoms with Crippen LogP contribution in [-0.2, 0) is 14.6 Å². The number of nitrogens with zero attached hydrogens (tertiary/aromatic N) is 1. The van der Waals surface area contributed by atoms with E-state index in [4.69, 9.17) is 0 Å². The van der Waals surface area contributed by atoms with Crippen molar-refractivity contribution in [3.63, 3.8) is 0 Å². The van der Waals surface area contributed by atoms with Crippen LogP contribution in [0, 0.1) is 0 Å². The molecule has 1 rings (SSSR count). The minimum absolute atomic E-state index is 0.287. The number of rotatable bonds is 6. The summed E-state index contributed by atoms with van der Waals surface area (Å²) in [6.07, 6.45) is 4.13. The van der Waals surface area contributed by atoms with Gasteiger partial charge in [-0.3, -0.25) is 4.79 Å². The van der Waals surface area contributed by atoms with Gasteiger partial charge in [0.2, 0.25) is 5.91 Å². The van der Waals surface area contributed by atoms with E-state index in [1.165, 1.54) is 13.8 Å². The zero-order valence-electron chi connectivity index (χ0n) is 12.4. The molecule has 1 saturated heterocycles. The molecule has 0 aromatic heterocycles. The molecule has 1 aliphatic heterocycles. The van der Waals surface area contributed by atoms with E-state index in [1.807, 2.05) is 6.92 Å². The molecule has 0 aromatic rings. The molecule has 5 nitrogen and oxygen atoms in total. The largest absolute Gasteiger partial charge is 0.340 e. The monoisotopic (exact) mass is 290 g/mol. The molecule has 1 N–H and O–H groups in total. The molecular formula is C13H26N2O3S. The van der Waals surface area contributed by atoms with Crippen molar-refractivity contribution in [2.45, 2.75) is 50.8 Å². The maximum Gasteiger partial charge on any atom is 0.243 e. The lowest BCUT2D eigenvalue weighted by molar-refractivity contribution is -0.133. The smallest absolute Gasteiger partial charge is 0.243 e. The van der Waals surface area contributed by atoms with E-state index in [0.717, 1.165) is 32.1 Å². The lowest BCUT2D eigenvalue weighted by Gasteiger charge is -2.32. The second-order valence-electron chi connectivity index (χ2n) is 5.83. The number of carbonyl (C=O) groups is 1. The van der Waals surface area contributed by atoms with Crippen LogP contribution in [0.4, 0.5) is 0 Å². The second-order valence-corrected chi connectivity index (χ2v) is 8.39. The first-order chi connectivity index (χ1) is 8.70. The van der Waals surface area contributed by atoms with Gasteiger partial charge in [0.25, 0.3) is 0 Å². The highest BCUT2D eigenvalue weighted by atomic mass is 32.2. The Bertz CT molecular complexity index is 412. The minimum Gasteiger partial charge on any atom is -0.340 e. The van der Waals surface area contributed by atoms with Crippen molar-refractivity contribution < 1.29 is 13.2 Å². The van der Waals surface area contributed by atoms with Gasteiger partial charge >= 0.3 is 0 Å². The quantitative estimate of drug-likeness (QED) is 0.786. The lowest BCUT2D eigenvalue weighted by atomic mass is 10.1. The van der Waals surface area contributed by atoms with Gasteiger partial charge in [-0.25, -0.2) is 8.42 Å². The normalized spacial score (nSPS) is 20.5. The summed E-state index contributed by atoms with van der Waals surface area (Å²) in [5.74, 6) is -0.287. The van der Waals surface area contributed by atoms with Crippen LogP contribution in [0.1, 0.15) is 40.0 Å². The van der Waals surface area contributed by atoms with Crippen LogP contribution >= 0.6 is 0 Å². The van der Waals surface area contributed by atoms with Crippen LogP contribution in [0.3, 0.4) is 0 Å². The zero-order chi connectivity index (χ0) is 14.7. The Labute approximate surface area is 116 Å². The van der Waals surface area contributed by atoms with Crippen molar-refractivity contribution in [3.8, 4) is 0 Å². The van der Waals surface area contributed by atoms with Gasteiger partial charge in [-0.1, -0.05) is 6.92 Å². The summed E-state index contributed by atoms with van der Waals surface area (Å²) in [7, 11) is -3.41. The predicted molar refractivity (Wildman–Crippen MR) is 76.8 cm³/mol. The minimum atomic E-state index is -3.41. The summed E-state index contributed by atoms with van der Waals surface area (Å²) in [4.78, 5) is 14.2. The van der Waals surface area contributed by atoms with Gasteiger partial charge in [-0.15, -0.1) is 0 Å². The standard InChI is InChI=1S/C13H26N2O3S/c1-5-9-15(10-11-7-6-8-14-11)12(16)13(2,3)19(4,17)18/h11,14H,5-10H2,1-4H3. The summed E-state index contributed by atoms with van der Waals surface area (Å²) >= 11 is 0. The van der Waals surface area contributed by atoms with Gasteiger partial charge in [0.1, 0.15) is 4.75 Å². The SMILES string of the molecule is CCCN(CC1CCCN1)C(=O)C(C)(C)S(C)(=O)=O. The van der Waals surface area contributed by atoms with E-state index in [2.05, 4.69) is 5.32 Å². The fourth-order valence-electron chi connectivity index (χ4n) is 2.26. The number of amides is 1. The van der Waals surface area contributed by atoms with Gasteiger partial charge in [0, 0.05) is 25.4 Å². The molecule has 1 unspecified atom stereocenters. The van der Waals surface area contributed by atoms with Crippen molar-refractivity contribution in [1.29, 1.82) is 0 Å². The van der Waals surface area contributed by atoms with E-state index >= 15 is 0 Å². The van der Waals surface area contributed by atoms with Gasteiger partial charge in [0.05, 0.1) is 0 Å². The van der Waals surface area contributed by atoms with Crippen molar-refractivity contribution in [2.75, 3.05) is 25.9 Å². The van der Waals surface area contributed by atoms with Crippen molar-refractivity contribution in [3.05, 3.63) is 0 Å². The van der Waals surface area contributed by atoms with E-state index in [-0.39, 0.29) is 5.91 Å². The van der Waals surface area contributed by atoms with Crippen molar-refractivity contribution in [1.82, 2.24) is 10.2 Å². The molecular weight excluding hydrogens is 264 g/mol. The Morgan fingerprint density at radius 2 is 2.05 bits per heavy atom. The highest BCUT2D eigenvalue weighted by Gasteiger charge is 2.41. The first kappa shape index (κ1) is 16.4. The maximum atomic E-state index is 12.5. The van der Waals surface area contributed by atoms with Crippen LogP contribution in [0.15, 0.2) is 0 Å². The third-order valence-corrected chi connectivity index (χ3v) is 5.85. The number of nitrogens with one attached hydrogen (secondary N) is 1.